The third-order valence-electron chi connectivity index (χ3n) is 5.09. The predicted molar refractivity (Wildman–Crippen MR) is 113 cm³/mol. The van der Waals surface area contributed by atoms with E-state index in [1.54, 1.807) is 23.2 Å². The maximum absolute atomic E-state index is 13.3. The van der Waals surface area contributed by atoms with Crippen LogP contribution in [-0.2, 0) is 26.0 Å². The minimum absolute atomic E-state index is 0.0634. The van der Waals surface area contributed by atoms with E-state index in [0.717, 1.165) is 10.9 Å². The van der Waals surface area contributed by atoms with Gasteiger partial charge in [-0.2, -0.15) is 4.72 Å². The van der Waals surface area contributed by atoms with E-state index in [0.29, 0.717) is 31.8 Å². The van der Waals surface area contributed by atoms with Gasteiger partial charge in [0, 0.05) is 24.7 Å². The van der Waals surface area contributed by atoms with Crippen LogP contribution < -0.4 is 4.72 Å². The van der Waals surface area contributed by atoms with E-state index >= 15 is 0 Å². The molecule has 0 unspecified atom stereocenters. The normalized spacial score (nSPS) is 15.8. The molecule has 1 atom stereocenters. The fourth-order valence-corrected chi connectivity index (χ4v) is 4.95. The number of nitrogens with one attached hydrogen (secondary N) is 1. The smallest absolute Gasteiger partial charge is 0.243 e. The lowest BCUT2D eigenvalue weighted by molar-refractivity contribution is -0.137. The average Bonchev–Trinajstić information content (AvgIpc) is 2.79. The second kappa shape index (κ2) is 8.91. The van der Waals surface area contributed by atoms with E-state index in [4.69, 9.17) is 4.74 Å². The number of amides is 1. The summed E-state index contributed by atoms with van der Waals surface area (Å²) in [6.07, 6.45) is 1.82. The molecule has 1 aromatic heterocycles. The standard InChI is InChI=1S/C22H23N3O4S/c26-22(25-12-14-29-15-13-25)19(16-17-6-2-1-3-7-17)24-30(27,28)20-10-4-8-18-9-5-11-23-21(18)20/h1-11,19,24H,12-16H2/t19-/m1/s1. The van der Waals surface area contributed by atoms with Gasteiger partial charge in [-0.25, -0.2) is 8.42 Å². The fourth-order valence-electron chi connectivity index (χ4n) is 3.58. The quantitative estimate of drug-likeness (QED) is 0.652. The van der Waals surface area contributed by atoms with Crippen molar-refractivity contribution in [2.24, 2.45) is 0 Å². The molecule has 1 saturated heterocycles. The lowest BCUT2D eigenvalue weighted by Crippen LogP contribution is -2.52. The number of carbonyl (C=O) groups excluding carboxylic acids is 1. The van der Waals surface area contributed by atoms with Crippen molar-refractivity contribution in [1.29, 1.82) is 0 Å². The number of rotatable bonds is 6. The summed E-state index contributed by atoms with van der Waals surface area (Å²) in [6.45, 7) is 1.79. The molecule has 0 bridgehead atoms. The van der Waals surface area contributed by atoms with E-state index in [1.165, 1.54) is 6.07 Å². The molecule has 1 N–H and O–H groups in total. The first-order valence-corrected chi connectivity index (χ1v) is 11.3. The first-order chi connectivity index (χ1) is 14.5. The topological polar surface area (TPSA) is 88.6 Å². The first-order valence-electron chi connectivity index (χ1n) is 9.81. The van der Waals surface area contributed by atoms with Gasteiger partial charge in [-0.1, -0.05) is 48.5 Å². The van der Waals surface area contributed by atoms with Crippen LogP contribution >= 0.6 is 0 Å². The second-order valence-electron chi connectivity index (χ2n) is 7.13. The Morgan fingerprint density at radius 1 is 1.03 bits per heavy atom. The molecule has 4 rings (SSSR count). The van der Waals surface area contributed by atoms with Crippen molar-refractivity contribution < 1.29 is 17.9 Å². The molecule has 1 aliphatic rings. The van der Waals surface area contributed by atoms with Crippen LogP contribution in [0.3, 0.4) is 0 Å². The van der Waals surface area contributed by atoms with Crippen molar-refractivity contribution in [3.05, 3.63) is 72.4 Å². The fraction of sp³-hybridized carbons (Fsp3) is 0.273. The minimum Gasteiger partial charge on any atom is -0.378 e. The van der Waals surface area contributed by atoms with Gasteiger partial charge < -0.3 is 9.64 Å². The van der Waals surface area contributed by atoms with Gasteiger partial charge in [-0.3, -0.25) is 9.78 Å². The van der Waals surface area contributed by atoms with Gasteiger partial charge in [0.2, 0.25) is 15.9 Å². The summed E-state index contributed by atoms with van der Waals surface area (Å²) in [4.78, 5) is 19.2. The summed E-state index contributed by atoms with van der Waals surface area (Å²) in [7, 11) is -3.98. The van der Waals surface area contributed by atoms with E-state index < -0.39 is 16.1 Å². The van der Waals surface area contributed by atoms with Gasteiger partial charge in [-0.05, 0) is 24.1 Å². The Bertz CT molecular complexity index is 1120. The molecule has 0 saturated carbocycles. The Morgan fingerprint density at radius 3 is 2.53 bits per heavy atom. The zero-order valence-electron chi connectivity index (χ0n) is 16.4. The highest BCUT2D eigenvalue weighted by Gasteiger charge is 2.31. The number of ether oxygens (including phenoxy) is 1. The Labute approximate surface area is 175 Å². The largest absolute Gasteiger partial charge is 0.378 e. The molecule has 30 heavy (non-hydrogen) atoms. The van der Waals surface area contributed by atoms with E-state index in [9.17, 15) is 13.2 Å². The maximum atomic E-state index is 13.3. The molecular formula is C22H23N3O4S. The number of hydrogen-bond acceptors (Lipinski definition) is 5. The van der Waals surface area contributed by atoms with Crippen LogP contribution in [0.4, 0.5) is 0 Å². The molecule has 0 spiro atoms. The number of nitrogens with zero attached hydrogens (tertiary/aromatic N) is 2. The van der Waals surface area contributed by atoms with Crippen LogP contribution in [0.2, 0.25) is 0 Å². The average molecular weight is 426 g/mol. The van der Waals surface area contributed by atoms with E-state index in [1.807, 2.05) is 42.5 Å². The molecule has 1 aliphatic heterocycles. The monoisotopic (exact) mass is 425 g/mol. The number of hydrogen-bond donors (Lipinski definition) is 1. The van der Waals surface area contributed by atoms with Gasteiger partial charge in [0.05, 0.1) is 18.7 Å². The van der Waals surface area contributed by atoms with Gasteiger partial charge in [0.25, 0.3) is 0 Å². The van der Waals surface area contributed by atoms with Crippen molar-refractivity contribution in [3.8, 4) is 0 Å². The lowest BCUT2D eigenvalue weighted by Gasteiger charge is -2.30. The molecule has 2 heterocycles. The highest BCUT2D eigenvalue weighted by molar-refractivity contribution is 7.89. The van der Waals surface area contributed by atoms with Crippen molar-refractivity contribution in [3.63, 3.8) is 0 Å². The highest BCUT2D eigenvalue weighted by Crippen LogP contribution is 2.21. The Hall–Kier alpha value is -2.81. The number of carbonyl (C=O) groups is 1. The second-order valence-corrected chi connectivity index (χ2v) is 8.81. The van der Waals surface area contributed by atoms with Crippen LogP contribution in [0.15, 0.2) is 71.8 Å². The lowest BCUT2D eigenvalue weighted by atomic mass is 10.1. The van der Waals surface area contributed by atoms with Crippen LogP contribution in [-0.4, -0.2) is 56.6 Å². The van der Waals surface area contributed by atoms with Crippen molar-refractivity contribution in [1.82, 2.24) is 14.6 Å². The number of morpholine rings is 1. The number of aromatic nitrogens is 1. The molecule has 1 fully saturated rings. The number of benzene rings is 2. The highest BCUT2D eigenvalue weighted by atomic mass is 32.2. The summed E-state index contributed by atoms with van der Waals surface area (Å²) >= 11 is 0. The number of fused-ring (bicyclic) bond motifs is 1. The van der Waals surface area contributed by atoms with Crippen LogP contribution in [0.25, 0.3) is 10.9 Å². The Kier molecular flexibility index (Phi) is 6.08. The molecule has 3 aromatic rings. The predicted octanol–water partition coefficient (Wildman–Crippen LogP) is 1.98. The molecule has 1 amide bonds. The van der Waals surface area contributed by atoms with Gasteiger partial charge >= 0.3 is 0 Å². The molecule has 0 aliphatic carbocycles. The van der Waals surface area contributed by atoms with Crippen molar-refractivity contribution in [2.75, 3.05) is 26.3 Å². The van der Waals surface area contributed by atoms with Gasteiger partial charge in [-0.15, -0.1) is 0 Å². The molecule has 8 heteroatoms. The summed E-state index contributed by atoms with van der Waals surface area (Å²) in [5, 5.41) is 0.722. The molecule has 7 nitrogen and oxygen atoms in total. The SMILES string of the molecule is O=C([C@@H](Cc1ccccc1)NS(=O)(=O)c1cccc2cccnc12)N1CCOCC1. The first kappa shape index (κ1) is 20.5. The van der Waals surface area contributed by atoms with Crippen LogP contribution in [0.1, 0.15) is 5.56 Å². The summed E-state index contributed by atoms with van der Waals surface area (Å²) < 4.78 is 34.5. The molecule has 0 radical (unpaired) electrons. The minimum atomic E-state index is -3.98. The molecular weight excluding hydrogens is 402 g/mol. The van der Waals surface area contributed by atoms with Crippen LogP contribution in [0, 0.1) is 0 Å². The summed E-state index contributed by atoms with van der Waals surface area (Å²) in [5.74, 6) is -0.251. The number of para-hydroxylation sites is 1. The molecule has 156 valence electrons. The van der Waals surface area contributed by atoms with Crippen LogP contribution in [0.5, 0.6) is 0 Å². The number of pyridine rings is 1. The molecule has 2 aromatic carbocycles. The third kappa shape index (κ3) is 4.51. The van der Waals surface area contributed by atoms with Crippen molar-refractivity contribution >= 4 is 26.8 Å². The Morgan fingerprint density at radius 2 is 1.77 bits per heavy atom. The van der Waals surface area contributed by atoms with Gasteiger partial charge in [0.15, 0.2) is 0 Å². The zero-order valence-corrected chi connectivity index (χ0v) is 17.2. The third-order valence-corrected chi connectivity index (χ3v) is 6.59. The summed E-state index contributed by atoms with van der Waals surface area (Å²) in [5.41, 5.74) is 1.26. The Balaban J connectivity index is 1.66. The maximum Gasteiger partial charge on any atom is 0.243 e. The number of sulfonamides is 1. The van der Waals surface area contributed by atoms with Crippen molar-refractivity contribution in [2.45, 2.75) is 17.4 Å². The van der Waals surface area contributed by atoms with Gasteiger partial charge in [0.1, 0.15) is 10.9 Å². The van der Waals surface area contributed by atoms with E-state index in [2.05, 4.69) is 9.71 Å². The summed E-state index contributed by atoms with van der Waals surface area (Å²) in [6, 6.07) is 17.0. The zero-order chi connectivity index (χ0) is 21.0. The van der Waals surface area contributed by atoms with E-state index in [-0.39, 0.29) is 17.2 Å².